The Morgan fingerprint density at radius 2 is 0.943 bits per heavy atom. The number of amides is 16. The van der Waals surface area contributed by atoms with Crippen LogP contribution >= 0.6 is 0 Å². The minimum Gasteiger partial charge on any atom is -0.465 e. The van der Waals surface area contributed by atoms with Crippen molar-refractivity contribution in [2.75, 3.05) is 59.0 Å². The number of aliphatic hydroxyl groups is 2. The Labute approximate surface area is 719 Å². The van der Waals surface area contributed by atoms with Gasteiger partial charge in [0.1, 0.15) is 95.0 Å². The number of nitrogens with one attached hydrogen (secondary N) is 14. The maximum absolute atomic E-state index is 15.5. The molecule has 2 fully saturated rings. The number of aliphatic hydroxyl groups excluding tert-OH is 2. The van der Waals surface area contributed by atoms with Gasteiger partial charge < -0.3 is 123 Å². The highest BCUT2D eigenvalue weighted by molar-refractivity contribution is 6.00. The summed E-state index contributed by atoms with van der Waals surface area (Å²) in [5.74, 6) is -13.2. The van der Waals surface area contributed by atoms with E-state index in [0.29, 0.717) is 12.0 Å². The molecule has 2 heterocycles. The molecule has 0 radical (unpaired) electrons. The summed E-state index contributed by atoms with van der Waals surface area (Å²) < 4.78 is 32.6. The second kappa shape index (κ2) is 48.3. The lowest BCUT2D eigenvalue weighted by molar-refractivity contribution is -0.156. The Bertz CT molecular complexity index is 3790. The van der Waals surface area contributed by atoms with E-state index in [1.807, 2.05) is 0 Å². The average Bonchev–Trinajstić information content (AvgIpc) is 0.820. The molecule has 1 aromatic carbocycles. The molecule has 123 heavy (non-hydrogen) atoms. The number of esters is 1. The standard InChI is InChI=1S/C82H136N16O25/c1-23-82(21,22)71(112)118-42-34-58(101)98-41-40-97(76(117)123-81(18,19)20)45-57(98)68(109)96-60(48(5)100)70(111)92-53(32-38-86-74(115)121-79(12,13)14)63(104)88-50-29-35-83-69(110)59(47(4)99)95-65(106)54(33-39-87-75(116)122-80(15,16)17)90-62(103)51(30-36-84-72(113)119-77(6,7)8)91-66(107)55(43-46(2)3)93-67(108)56(44-49-27-25-24-26-28-49)94-64(105)52(89-61(50)102)31-37-85-73(114)120-78(9,10)11/h24-28,46-48,50-57,59-60,99-100H,23,29-45H2,1-22H3,(H,83,110)(H,84,113)(H,85,114)(H,86,115)(H,87,116)(H,88,104)(H,89,102)(H,90,103)(H,91,107)(H,92,111)(H,93,108)(H,94,105)(H,95,106)(H,96,109)/t47-,48?,50-,51-,52-,53-,54-,55-,56+,57?,59-,60-/m0/s1. The summed E-state index contributed by atoms with van der Waals surface area (Å²) in [5, 5.41) is 58.1. The first kappa shape index (κ1) is 106. The van der Waals surface area contributed by atoms with E-state index in [0.717, 1.165) is 23.6 Å². The van der Waals surface area contributed by atoms with E-state index >= 15 is 19.2 Å². The Balaban J connectivity index is 2.40. The van der Waals surface area contributed by atoms with E-state index in [4.69, 9.17) is 28.4 Å². The first-order chi connectivity index (χ1) is 56.8. The molecule has 41 nitrogen and oxygen atoms in total. The molecule has 0 bridgehead atoms. The molecule has 2 saturated heterocycles. The second-order valence-corrected chi connectivity index (χ2v) is 36.3. The molecule has 2 aliphatic heterocycles. The van der Waals surface area contributed by atoms with Gasteiger partial charge in [0.15, 0.2) is 0 Å². The maximum Gasteiger partial charge on any atom is 0.410 e. The molecule has 16 amide bonds. The number of nitrogens with zero attached hydrogens (tertiary/aromatic N) is 2. The molecular formula is C82H136N16O25. The Morgan fingerprint density at radius 3 is 1.39 bits per heavy atom. The molecule has 1 aromatic rings. The Morgan fingerprint density at radius 1 is 0.512 bits per heavy atom. The average molecular weight is 1750 g/mol. The quantitative estimate of drug-likeness (QED) is 0.0398. The first-order valence-electron chi connectivity index (χ1n) is 41.5. The van der Waals surface area contributed by atoms with Gasteiger partial charge in [0, 0.05) is 52.2 Å². The number of carbonyl (C=O) groups is 17. The molecule has 0 aliphatic carbocycles. The molecule has 16 N–H and O–H groups in total. The third-order valence-corrected chi connectivity index (χ3v) is 18.3. The van der Waals surface area contributed by atoms with Gasteiger partial charge in [-0.2, -0.15) is 0 Å². The minimum absolute atomic E-state index is 0.135. The van der Waals surface area contributed by atoms with Crippen molar-refractivity contribution in [2.45, 2.75) is 311 Å². The van der Waals surface area contributed by atoms with Crippen molar-refractivity contribution in [3.8, 4) is 0 Å². The summed E-state index contributed by atoms with van der Waals surface area (Å²) >= 11 is 0. The highest BCUT2D eigenvalue weighted by Crippen LogP contribution is 2.23. The molecule has 0 spiro atoms. The fourth-order valence-electron chi connectivity index (χ4n) is 11.8. The van der Waals surface area contributed by atoms with Gasteiger partial charge in [0.25, 0.3) is 0 Å². The van der Waals surface area contributed by atoms with Crippen molar-refractivity contribution in [3.63, 3.8) is 0 Å². The fraction of sp³-hybridized carbons (Fsp3) is 0.720. The van der Waals surface area contributed by atoms with Crippen LogP contribution in [0.3, 0.4) is 0 Å². The van der Waals surface area contributed by atoms with Gasteiger partial charge in [-0.05, 0) is 188 Å². The van der Waals surface area contributed by atoms with Gasteiger partial charge in [-0.15, -0.1) is 0 Å². The van der Waals surface area contributed by atoms with Crippen molar-refractivity contribution in [2.24, 2.45) is 11.3 Å². The molecule has 3 rings (SSSR count). The number of benzene rings is 1. The van der Waals surface area contributed by atoms with Gasteiger partial charge in [-0.25, -0.2) is 24.0 Å². The highest BCUT2D eigenvalue weighted by Gasteiger charge is 2.43. The van der Waals surface area contributed by atoms with Crippen molar-refractivity contribution in [1.82, 2.24) is 84.2 Å². The topological polar surface area (TPSA) is 561 Å². The lowest BCUT2D eigenvalue weighted by Crippen LogP contribution is -2.65. The molecule has 0 saturated carbocycles. The van der Waals surface area contributed by atoms with E-state index in [2.05, 4.69) is 74.4 Å². The number of rotatable bonds is 29. The van der Waals surface area contributed by atoms with Gasteiger partial charge >= 0.3 is 36.4 Å². The summed E-state index contributed by atoms with van der Waals surface area (Å²) in [6, 6.07) is -9.73. The van der Waals surface area contributed by atoms with Crippen LogP contribution in [0.1, 0.15) is 209 Å². The monoisotopic (exact) mass is 1740 g/mol. The van der Waals surface area contributed by atoms with Gasteiger partial charge in [-0.1, -0.05) is 51.1 Å². The zero-order valence-corrected chi connectivity index (χ0v) is 75.3. The van der Waals surface area contributed by atoms with Crippen molar-refractivity contribution in [3.05, 3.63) is 35.9 Å². The summed E-state index contributed by atoms with van der Waals surface area (Å²) in [7, 11) is 0. The summed E-state index contributed by atoms with van der Waals surface area (Å²) in [6.07, 6.45) is -11.5. The van der Waals surface area contributed by atoms with E-state index in [1.165, 1.54) is 0 Å². The van der Waals surface area contributed by atoms with Crippen LogP contribution in [0.2, 0.25) is 0 Å². The lowest BCUT2D eigenvalue weighted by Gasteiger charge is -2.41. The van der Waals surface area contributed by atoms with E-state index < -0.39 is 291 Å². The maximum atomic E-state index is 15.5. The van der Waals surface area contributed by atoms with Crippen molar-refractivity contribution < 1.29 is 120 Å². The van der Waals surface area contributed by atoms with Crippen molar-refractivity contribution in [1.29, 1.82) is 0 Å². The van der Waals surface area contributed by atoms with Gasteiger partial charge in [-0.3, -0.25) is 57.5 Å². The normalized spacial score (nSPS) is 20.8. The predicted octanol–water partition coefficient (Wildman–Crippen LogP) is 1.40. The van der Waals surface area contributed by atoms with Crippen LogP contribution in [0.5, 0.6) is 0 Å². The van der Waals surface area contributed by atoms with Crippen LogP contribution in [0.4, 0.5) is 24.0 Å². The van der Waals surface area contributed by atoms with Gasteiger partial charge in [0.2, 0.25) is 65.0 Å². The SMILES string of the molecule is CCC(C)(C)C(=O)OCCC(=O)N1CCN(C(=O)OC(C)(C)C)CC1C(=O)N[C@H](C(=O)N[C@@H](CCNC(=O)OC(C)(C)C)C(=O)N[C@H]1CCNC(=O)[C@H]([C@H](C)O)NC(=O)[C@H](CCNC(=O)OC(C)(C)C)NC(=O)[C@H](CCNC(=O)OC(C)(C)C)NC(=O)[C@H](CC(C)C)NC(=O)[C@@H](Cc2ccccc2)NC(=O)[C@H](CCNC(=O)OC(C)(C)C)NC1=O)C(C)O. The van der Waals surface area contributed by atoms with E-state index in [-0.39, 0.29) is 32.5 Å². The third-order valence-electron chi connectivity index (χ3n) is 18.3. The molecule has 12 atom stereocenters. The first-order valence-corrected chi connectivity index (χ1v) is 41.5. The van der Waals surface area contributed by atoms with Crippen molar-refractivity contribution >= 4 is 101 Å². The Kier molecular flexibility index (Phi) is 41.7. The molecule has 41 heteroatoms. The molecule has 2 unspecified atom stereocenters. The number of hydrogen-bond acceptors (Lipinski definition) is 25. The largest absolute Gasteiger partial charge is 0.465 e. The number of piperazine rings is 1. The van der Waals surface area contributed by atoms with Crippen LogP contribution in [0.15, 0.2) is 30.3 Å². The zero-order valence-electron chi connectivity index (χ0n) is 75.3. The third kappa shape index (κ3) is 40.8. The predicted molar refractivity (Wildman–Crippen MR) is 446 cm³/mol. The van der Waals surface area contributed by atoms with Crippen LogP contribution in [-0.4, -0.2) is 281 Å². The number of carbonyl (C=O) groups excluding carboxylic acids is 17. The van der Waals surface area contributed by atoms with E-state index in [1.54, 1.807) is 169 Å². The minimum atomic E-state index is -2.03. The molecule has 694 valence electrons. The number of alkyl carbamates (subject to hydrolysis) is 4. The zero-order chi connectivity index (χ0) is 93.5. The Hall–Kier alpha value is -10.9. The highest BCUT2D eigenvalue weighted by atomic mass is 16.6. The molecule has 0 aromatic heterocycles. The van der Waals surface area contributed by atoms with E-state index in [9.17, 15) is 72.5 Å². The number of ether oxygens (including phenoxy) is 6. The van der Waals surface area contributed by atoms with Gasteiger partial charge in [0.05, 0.1) is 30.6 Å². The van der Waals surface area contributed by atoms with Crippen LogP contribution in [-0.2, 0) is 92.4 Å². The summed E-state index contributed by atoms with van der Waals surface area (Å²) in [5.41, 5.74) is -5.57. The molecular weight excluding hydrogens is 1610 g/mol. The summed E-state index contributed by atoms with van der Waals surface area (Å²) in [6.45, 7) is 30.8. The smallest absolute Gasteiger partial charge is 0.410 e. The molecule has 2 aliphatic rings. The van der Waals surface area contributed by atoms with Crippen LogP contribution in [0.25, 0.3) is 0 Å². The van der Waals surface area contributed by atoms with Crippen LogP contribution < -0.4 is 74.4 Å². The number of hydrogen-bond donors (Lipinski definition) is 16. The fourth-order valence-corrected chi connectivity index (χ4v) is 11.8. The second-order valence-electron chi connectivity index (χ2n) is 36.3. The lowest BCUT2D eigenvalue weighted by atomic mass is 9.91. The summed E-state index contributed by atoms with van der Waals surface area (Å²) in [4.78, 5) is 245. The van der Waals surface area contributed by atoms with Crippen LogP contribution in [0, 0.1) is 11.3 Å².